The fourth-order valence-corrected chi connectivity index (χ4v) is 0.696. The van der Waals surface area contributed by atoms with Gasteiger partial charge in [-0.3, -0.25) is 4.79 Å². The van der Waals surface area contributed by atoms with E-state index in [0.29, 0.717) is 13.2 Å². The predicted octanol–water partition coefficient (Wildman–Crippen LogP) is -1.28. The van der Waals surface area contributed by atoms with Crippen molar-refractivity contribution in [3.8, 4) is 0 Å². The molecule has 0 aliphatic carbocycles. The van der Waals surface area contributed by atoms with E-state index in [1.807, 2.05) is 0 Å². The Hall–Kier alpha value is -0.650. The first-order valence-electron chi connectivity index (χ1n) is 3.73. The highest BCUT2D eigenvalue weighted by Crippen LogP contribution is 1.87. The molecule has 0 spiro atoms. The highest BCUT2D eigenvalue weighted by atomic mass is 16.5. The van der Waals surface area contributed by atoms with Gasteiger partial charge in [-0.2, -0.15) is 0 Å². The molecular weight excluding hydrogens is 160 g/mol. The molecule has 0 aliphatic heterocycles. The largest absolute Gasteiger partial charge is 0.382 e. The molecule has 0 saturated carbocycles. The van der Waals surface area contributed by atoms with Crippen molar-refractivity contribution in [2.45, 2.75) is 6.10 Å². The number of carbonyl (C=O) groups is 1. The van der Waals surface area contributed by atoms with Crippen LogP contribution < -0.4 is 11.1 Å². The second kappa shape index (κ2) is 7.02. The second-order valence-electron chi connectivity index (χ2n) is 2.32. The molecule has 0 rings (SSSR count). The van der Waals surface area contributed by atoms with Gasteiger partial charge in [-0.05, 0) is 0 Å². The molecule has 0 bridgehead atoms. The minimum absolute atomic E-state index is 0.00339. The van der Waals surface area contributed by atoms with Gasteiger partial charge in [0.05, 0.1) is 19.3 Å². The van der Waals surface area contributed by atoms with Crippen molar-refractivity contribution < 1.29 is 14.3 Å². The van der Waals surface area contributed by atoms with Gasteiger partial charge >= 0.3 is 0 Å². The maximum absolute atomic E-state index is 10.7. The van der Waals surface area contributed by atoms with Gasteiger partial charge in [0.15, 0.2) is 0 Å². The van der Waals surface area contributed by atoms with Crippen LogP contribution in [-0.2, 0) is 14.3 Å². The van der Waals surface area contributed by atoms with E-state index in [2.05, 4.69) is 5.32 Å². The van der Waals surface area contributed by atoms with Gasteiger partial charge in [0.25, 0.3) is 0 Å². The maximum Gasteiger partial charge on any atom is 0.233 e. The molecule has 0 aliphatic rings. The Balaban J connectivity index is 3.50. The van der Waals surface area contributed by atoms with Crippen LogP contribution in [0.4, 0.5) is 0 Å². The Morgan fingerprint density at radius 2 is 2.25 bits per heavy atom. The summed E-state index contributed by atoms with van der Waals surface area (Å²) in [5, 5.41) is 2.60. The van der Waals surface area contributed by atoms with E-state index in [9.17, 15) is 4.79 Å². The fraction of sp³-hybridized carbons (Fsp3) is 0.857. The van der Waals surface area contributed by atoms with Crippen molar-refractivity contribution in [1.29, 1.82) is 0 Å². The SMILES string of the molecule is COCC(CNC(=O)CN)OC. The van der Waals surface area contributed by atoms with Crippen molar-refractivity contribution in [3.05, 3.63) is 0 Å². The highest BCUT2D eigenvalue weighted by Gasteiger charge is 2.07. The first-order valence-corrected chi connectivity index (χ1v) is 3.73. The lowest BCUT2D eigenvalue weighted by molar-refractivity contribution is -0.120. The Labute approximate surface area is 72.2 Å². The van der Waals surface area contributed by atoms with Crippen LogP contribution in [0.3, 0.4) is 0 Å². The van der Waals surface area contributed by atoms with Crippen LogP contribution in [0.25, 0.3) is 0 Å². The van der Waals surface area contributed by atoms with Gasteiger partial charge in [-0.1, -0.05) is 0 Å². The summed E-state index contributed by atoms with van der Waals surface area (Å²) in [5.74, 6) is -0.187. The minimum atomic E-state index is -0.187. The molecule has 72 valence electrons. The summed E-state index contributed by atoms with van der Waals surface area (Å²) in [6, 6.07) is 0. The summed E-state index contributed by atoms with van der Waals surface area (Å²) in [4.78, 5) is 10.7. The number of nitrogens with one attached hydrogen (secondary N) is 1. The number of ether oxygens (including phenoxy) is 2. The van der Waals surface area contributed by atoms with Crippen LogP contribution in [0.2, 0.25) is 0 Å². The Morgan fingerprint density at radius 3 is 2.67 bits per heavy atom. The zero-order chi connectivity index (χ0) is 9.40. The molecule has 5 heteroatoms. The summed E-state index contributed by atoms with van der Waals surface area (Å²) >= 11 is 0. The van der Waals surface area contributed by atoms with Crippen molar-refractivity contribution in [2.75, 3.05) is 33.9 Å². The zero-order valence-corrected chi connectivity index (χ0v) is 7.50. The first kappa shape index (κ1) is 11.4. The van der Waals surface area contributed by atoms with E-state index < -0.39 is 0 Å². The van der Waals surface area contributed by atoms with Crippen LogP contribution in [0.1, 0.15) is 0 Å². The molecule has 0 radical (unpaired) electrons. The van der Waals surface area contributed by atoms with Crippen LogP contribution in [0, 0.1) is 0 Å². The smallest absolute Gasteiger partial charge is 0.233 e. The molecule has 0 aromatic heterocycles. The number of carbonyl (C=O) groups excluding carboxylic acids is 1. The molecule has 0 aromatic rings. The van der Waals surface area contributed by atoms with Crippen molar-refractivity contribution >= 4 is 5.91 Å². The van der Waals surface area contributed by atoms with Crippen molar-refractivity contribution in [3.63, 3.8) is 0 Å². The van der Waals surface area contributed by atoms with E-state index in [0.717, 1.165) is 0 Å². The third kappa shape index (κ3) is 5.06. The Kier molecular flexibility index (Phi) is 6.64. The fourth-order valence-electron chi connectivity index (χ4n) is 0.696. The van der Waals surface area contributed by atoms with Gasteiger partial charge in [-0.25, -0.2) is 0 Å². The summed E-state index contributed by atoms with van der Waals surface area (Å²) in [6.07, 6.45) is -0.106. The number of nitrogens with two attached hydrogens (primary N) is 1. The molecule has 1 unspecified atom stereocenters. The van der Waals surface area contributed by atoms with E-state index in [4.69, 9.17) is 15.2 Å². The number of methoxy groups -OCH3 is 2. The highest BCUT2D eigenvalue weighted by molar-refractivity contribution is 5.77. The standard InChI is InChI=1S/C7H16N2O3/c1-11-5-6(12-2)4-9-7(10)3-8/h6H,3-5,8H2,1-2H3,(H,9,10). The summed E-state index contributed by atoms with van der Waals surface area (Å²) < 4.78 is 9.86. The van der Waals surface area contributed by atoms with Crippen LogP contribution in [0.5, 0.6) is 0 Å². The van der Waals surface area contributed by atoms with E-state index >= 15 is 0 Å². The van der Waals surface area contributed by atoms with Gasteiger partial charge in [0.2, 0.25) is 5.91 Å². The monoisotopic (exact) mass is 176 g/mol. The zero-order valence-electron chi connectivity index (χ0n) is 7.50. The lowest BCUT2D eigenvalue weighted by Crippen LogP contribution is -2.38. The van der Waals surface area contributed by atoms with Crippen molar-refractivity contribution in [2.24, 2.45) is 5.73 Å². The second-order valence-corrected chi connectivity index (χ2v) is 2.32. The number of rotatable bonds is 6. The van der Waals surface area contributed by atoms with E-state index in [1.54, 1.807) is 14.2 Å². The van der Waals surface area contributed by atoms with Crippen LogP contribution in [-0.4, -0.2) is 45.9 Å². The normalized spacial score (nSPS) is 12.6. The molecule has 1 atom stereocenters. The topological polar surface area (TPSA) is 73.6 Å². The van der Waals surface area contributed by atoms with Crippen LogP contribution in [0.15, 0.2) is 0 Å². The molecular formula is C7H16N2O3. The lowest BCUT2D eigenvalue weighted by atomic mass is 10.3. The molecule has 0 saturated heterocycles. The average molecular weight is 176 g/mol. The molecule has 1 amide bonds. The van der Waals surface area contributed by atoms with E-state index in [-0.39, 0.29) is 18.6 Å². The number of hydrogen-bond acceptors (Lipinski definition) is 4. The molecule has 0 aromatic carbocycles. The first-order chi connectivity index (χ1) is 5.74. The minimum Gasteiger partial charge on any atom is -0.382 e. The molecule has 12 heavy (non-hydrogen) atoms. The van der Waals surface area contributed by atoms with Crippen molar-refractivity contribution in [1.82, 2.24) is 5.32 Å². The Morgan fingerprint density at radius 1 is 1.58 bits per heavy atom. The molecule has 3 N–H and O–H groups in total. The summed E-state index contributed by atoms with van der Waals surface area (Å²) in [5.41, 5.74) is 5.09. The molecule has 0 heterocycles. The maximum atomic E-state index is 10.7. The predicted molar refractivity (Wildman–Crippen MR) is 44.7 cm³/mol. The molecule has 0 fully saturated rings. The summed E-state index contributed by atoms with van der Waals surface area (Å²) in [6.45, 7) is 0.894. The number of hydrogen-bond donors (Lipinski definition) is 2. The van der Waals surface area contributed by atoms with Gasteiger partial charge in [0, 0.05) is 20.8 Å². The lowest BCUT2D eigenvalue weighted by Gasteiger charge is -2.14. The quantitative estimate of drug-likeness (QED) is 0.529. The Bertz CT molecular complexity index is 130. The third-order valence-corrected chi connectivity index (χ3v) is 1.40. The van der Waals surface area contributed by atoms with Gasteiger partial charge < -0.3 is 20.5 Å². The van der Waals surface area contributed by atoms with Crippen LogP contribution >= 0.6 is 0 Å². The molecule has 5 nitrogen and oxygen atoms in total. The average Bonchev–Trinajstić information content (AvgIpc) is 2.11. The summed E-state index contributed by atoms with van der Waals surface area (Å²) in [7, 11) is 3.15. The van der Waals surface area contributed by atoms with Gasteiger partial charge in [-0.15, -0.1) is 0 Å². The number of amides is 1. The third-order valence-electron chi connectivity index (χ3n) is 1.40. The van der Waals surface area contributed by atoms with Gasteiger partial charge in [0.1, 0.15) is 0 Å². The van der Waals surface area contributed by atoms with E-state index in [1.165, 1.54) is 0 Å².